The molecule has 4 heteroatoms. The topological polar surface area (TPSA) is 55.7 Å². The van der Waals surface area contributed by atoms with Crippen molar-refractivity contribution in [3.8, 4) is 5.75 Å². The second-order valence-corrected chi connectivity index (χ2v) is 7.11. The van der Waals surface area contributed by atoms with Crippen LogP contribution in [0, 0.1) is 0 Å². The van der Waals surface area contributed by atoms with E-state index in [1.807, 2.05) is 82.4 Å². The van der Waals surface area contributed by atoms with Crippen molar-refractivity contribution in [3.63, 3.8) is 0 Å². The number of rotatable bonds is 6. The number of nitrogens with one attached hydrogen (secondary N) is 1. The predicted octanol–water partition coefficient (Wildman–Crippen LogP) is 10.1. The molecule has 3 rings (SSSR count). The van der Waals surface area contributed by atoms with E-state index in [9.17, 15) is 5.11 Å². The fourth-order valence-corrected chi connectivity index (χ4v) is 2.44. The first-order chi connectivity index (χ1) is 17.8. The lowest BCUT2D eigenvalue weighted by Gasteiger charge is -2.20. The van der Waals surface area contributed by atoms with Crippen LogP contribution in [0.15, 0.2) is 141 Å². The van der Waals surface area contributed by atoms with E-state index in [1.54, 1.807) is 30.4 Å². The summed E-state index contributed by atoms with van der Waals surface area (Å²) in [6.45, 7) is 20.8. The number of allylic oxidation sites excluding steroid dienone is 6. The molecule has 3 N–H and O–H groups in total. The van der Waals surface area contributed by atoms with Crippen LogP contribution in [0.1, 0.15) is 27.7 Å². The summed E-state index contributed by atoms with van der Waals surface area (Å²) in [7, 11) is 2.01. The summed E-state index contributed by atoms with van der Waals surface area (Å²) < 4.78 is 0. The highest BCUT2D eigenvalue weighted by Crippen LogP contribution is 2.27. The maximum absolute atomic E-state index is 9.36. The van der Waals surface area contributed by atoms with Gasteiger partial charge in [-0.15, -0.1) is 6.58 Å². The number of para-hydroxylation sites is 1. The monoisotopic (exact) mass is 500 g/mol. The van der Waals surface area contributed by atoms with E-state index in [4.69, 9.17) is 5.11 Å². The van der Waals surface area contributed by atoms with Gasteiger partial charge in [0.25, 0.3) is 0 Å². The standard InChI is InChI=1S/C19H18N2O.C6H8.C3H6O.C3H6.C2H6/c1-21(18-11-13-19(22)14-12-18)17-9-7-16(8-10-17)20-15-5-3-2-4-6-15;1-3-5-6-4-2;1-3(2)4;1-3-2;1-2/h2-14,20,22H,1H3;3-6H,1-2H2;4H,1H2,2H3;3H,1H2,2H3;1-2H3/b;6-5-;;;. The number of phenolic OH excluding ortho intramolecular Hbond substituents is 1. The lowest BCUT2D eigenvalue weighted by Crippen LogP contribution is -2.08. The van der Waals surface area contributed by atoms with Gasteiger partial charge in [-0.1, -0.05) is 82.2 Å². The van der Waals surface area contributed by atoms with E-state index in [-0.39, 0.29) is 11.5 Å². The van der Waals surface area contributed by atoms with E-state index < -0.39 is 0 Å². The summed E-state index contributed by atoms with van der Waals surface area (Å²) >= 11 is 0. The number of phenols is 1. The number of aliphatic hydroxyl groups is 1. The molecule has 0 saturated heterocycles. The quantitative estimate of drug-likeness (QED) is 0.179. The average molecular weight is 501 g/mol. The van der Waals surface area contributed by atoms with Crippen molar-refractivity contribution < 1.29 is 10.2 Å². The summed E-state index contributed by atoms with van der Waals surface area (Å²) in [6.07, 6.45) is 8.82. The molecule has 37 heavy (non-hydrogen) atoms. The Labute approximate surface area is 224 Å². The number of benzene rings is 3. The minimum Gasteiger partial charge on any atom is -0.513 e. The second-order valence-electron chi connectivity index (χ2n) is 7.11. The number of aromatic hydroxyl groups is 1. The Hall–Kier alpha value is -4.44. The molecule has 0 heterocycles. The molecule has 3 aromatic carbocycles. The maximum atomic E-state index is 9.36. The summed E-state index contributed by atoms with van der Waals surface area (Å²) in [5, 5.41) is 20.6. The van der Waals surface area contributed by atoms with Gasteiger partial charge in [0, 0.05) is 29.8 Å². The fraction of sp³-hybridized carbons (Fsp3) is 0.152. The van der Waals surface area contributed by atoms with Crippen LogP contribution in [-0.4, -0.2) is 17.3 Å². The second kappa shape index (κ2) is 23.3. The molecule has 3 aromatic rings. The van der Waals surface area contributed by atoms with Crippen molar-refractivity contribution in [2.45, 2.75) is 27.7 Å². The Kier molecular flexibility index (Phi) is 21.9. The predicted molar refractivity (Wildman–Crippen MR) is 167 cm³/mol. The smallest absolute Gasteiger partial charge is 0.115 e. The van der Waals surface area contributed by atoms with Gasteiger partial charge in [-0.05, 0) is 74.5 Å². The Balaban J connectivity index is 0. The molecule has 0 saturated carbocycles. The third-order valence-electron chi connectivity index (χ3n) is 3.94. The summed E-state index contributed by atoms with van der Waals surface area (Å²) in [6, 6.07) is 25.5. The highest BCUT2D eigenvalue weighted by atomic mass is 16.3. The third kappa shape index (κ3) is 18.5. The van der Waals surface area contributed by atoms with Gasteiger partial charge in [0.05, 0.1) is 5.76 Å². The molecule has 4 nitrogen and oxygen atoms in total. The Morgan fingerprint density at radius 3 is 1.49 bits per heavy atom. The molecule has 198 valence electrons. The number of anilines is 4. The lowest BCUT2D eigenvalue weighted by atomic mass is 10.2. The molecule has 0 amide bonds. The van der Waals surface area contributed by atoms with Gasteiger partial charge in [0.2, 0.25) is 0 Å². The van der Waals surface area contributed by atoms with Crippen LogP contribution in [0.2, 0.25) is 0 Å². The molecule has 0 atom stereocenters. The van der Waals surface area contributed by atoms with Crippen LogP contribution in [-0.2, 0) is 0 Å². The van der Waals surface area contributed by atoms with Gasteiger partial charge >= 0.3 is 0 Å². The Morgan fingerprint density at radius 1 is 0.757 bits per heavy atom. The molecular weight excluding hydrogens is 456 g/mol. The normalized spacial score (nSPS) is 8.68. The van der Waals surface area contributed by atoms with Gasteiger partial charge in [0.1, 0.15) is 5.75 Å². The average Bonchev–Trinajstić information content (AvgIpc) is 2.90. The SMILES string of the molecule is C=C(C)O.C=C/C=C\C=C.C=CC.CC.CN(c1ccc(O)cc1)c1ccc(Nc2ccccc2)cc1. The lowest BCUT2D eigenvalue weighted by molar-refractivity contribution is 0.417. The van der Waals surface area contributed by atoms with Crippen molar-refractivity contribution in [1.29, 1.82) is 0 Å². The van der Waals surface area contributed by atoms with E-state index in [1.165, 1.54) is 6.92 Å². The van der Waals surface area contributed by atoms with Crippen LogP contribution in [0.4, 0.5) is 22.7 Å². The first-order valence-electron chi connectivity index (χ1n) is 12.1. The third-order valence-corrected chi connectivity index (χ3v) is 3.94. The van der Waals surface area contributed by atoms with E-state index in [0.29, 0.717) is 0 Å². The molecule has 0 bridgehead atoms. The first-order valence-corrected chi connectivity index (χ1v) is 12.1. The molecule has 0 aliphatic heterocycles. The largest absolute Gasteiger partial charge is 0.513 e. The Morgan fingerprint density at radius 2 is 1.11 bits per heavy atom. The maximum Gasteiger partial charge on any atom is 0.115 e. The van der Waals surface area contributed by atoms with E-state index >= 15 is 0 Å². The minimum absolute atomic E-state index is 0.167. The molecule has 0 spiro atoms. The molecular formula is C33H44N2O2. The number of aliphatic hydroxyl groups excluding tert-OH is 1. The molecule has 0 fully saturated rings. The molecule has 0 aromatic heterocycles. The van der Waals surface area contributed by atoms with Crippen LogP contribution >= 0.6 is 0 Å². The van der Waals surface area contributed by atoms with Crippen molar-refractivity contribution in [2.24, 2.45) is 0 Å². The summed E-state index contributed by atoms with van der Waals surface area (Å²) in [5.41, 5.74) is 4.24. The number of hydrogen-bond donors (Lipinski definition) is 3. The van der Waals surface area contributed by atoms with Crippen LogP contribution in [0.5, 0.6) is 5.75 Å². The van der Waals surface area contributed by atoms with Gasteiger partial charge in [0.15, 0.2) is 0 Å². The van der Waals surface area contributed by atoms with Gasteiger partial charge in [-0.2, -0.15) is 0 Å². The zero-order valence-corrected chi connectivity index (χ0v) is 23.1. The molecule has 0 aliphatic rings. The Bertz CT molecular complexity index is 1010. The number of hydrogen-bond acceptors (Lipinski definition) is 4. The number of nitrogens with zero attached hydrogens (tertiary/aromatic N) is 1. The summed E-state index contributed by atoms with van der Waals surface area (Å²) in [5.74, 6) is 0.444. The van der Waals surface area contributed by atoms with Crippen LogP contribution in [0.25, 0.3) is 0 Å². The van der Waals surface area contributed by atoms with Crippen molar-refractivity contribution in [1.82, 2.24) is 0 Å². The summed E-state index contributed by atoms with van der Waals surface area (Å²) in [4.78, 5) is 2.08. The van der Waals surface area contributed by atoms with E-state index in [0.717, 1.165) is 22.7 Å². The van der Waals surface area contributed by atoms with Crippen molar-refractivity contribution >= 4 is 22.7 Å². The van der Waals surface area contributed by atoms with Gasteiger partial charge < -0.3 is 20.4 Å². The highest BCUT2D eigenvalue weighted by molar-refractivity contribution is 5.67. The van der Waals surface area contributed by atoms with Gasteiger partial charge in [-0.25, -0.2) is 0 Å². The van der Waals surface area contributed by atoms with Crippen molar-refractivity contribution in [3.05, 3.63) is 141 Å². The highest BCUT2D eigenvalue weighted by Gasteiger charge is 2.04. The molecule has 0 radical (unpaired) electrons. The molecule has 0 aliphatic carbocycles. The zero-order valence-electron chi connectivity index (χ0n) is 23.1. The molecule has 0 unspecified atom stereocenters. The van der Waals surface area contributed by atoms with Crippen molar-refractivity contribution in [2.75, 3.05) is 17.3 Å². The van der Waals surface area contributed by atoms with Crippen LogP contribution < -0.4 is 10.2 Å². The first kappa shape index (κ1) is 34.7. The fourth-order valence-electron chi connectivity index (χ4n) is 2.44. The zero-order chi connectivity index (χ0) is 28.5. The van der Waals surface area contributed by atoms with Gasteiger partial charge in [-0.3, -0.25) is 0 Å². The van der Waals surface area contributed by atoms with Crippen LogP contribution in [0.3, 0.4) is 0 Å². The van der Waals surface area contributed by atoms with E-state index in [2.05, 4.69) is 60.8 Å². The minimum atomic E-state index is 0.167.